The molecule has 200 valence electrons. The number of carboxylic acid groups (broad SMARTS) is 1. The Morgan fingerprint density at radius 1 is 0.973 bits per heavy atom. The van der Waals surface area contributed by atoms with Gasteiger partial charge in [0.25, 0.3) is 0 Å². The minimum Gasteiger partial charge on any atom is -0.497 e. The van der Waals surface area contributed by atoms with Gasteiger partial charge in [-0.15, -0.1) is 0 Å². The molecule has 0 unspecified atom stereocenters. The molecular formula is C31H41NO5. The molecule has 1 aliphatic carbocycles. The Bertz CT molecular complexity index is 997. The second kappa shape index (κ2) is 13.8. The summed E-state index contributed by atoms with van der Waals surface area (Å²) in [6.07, 6.45) is 10.5. The molecule has 1 saturated carbocycles. The molecule has 4 atom stereocenters. The van der Waals surface area contributed by atoms with Crippen LogP contribution in [0.1, 0.15) is 56.9 Å². The normalized spacial score (nSPS) is 24.5. The number of aliphatic hydroxyl groups excluding tert-OH is 1. The van der Waals surface area contributed by atoms with Gasteiger partial charge >= 0.3 is 5.97 Å². The molecule has 0 spiro atoms. The predicted molar refractivity (Wildman–Crippen MR) is 146 cm³/mol. The van der Waals surface area contributed by atoms with E-state index in [-0.39, 0.29) is 30.6 Å². The minimum atomic E-state index is -0.765. The van der Waals surface area contributed by atoms with Crippen molar-refractivity contribution in [2.45, 2.75) is 76.2 Å². The van der Waals surface area contributed by atoms with Crippen LogP contribution in [0.5, 0.6) is 5.75 Å². The molecule has 0 amide bonds. The Kier molecular flexibility index (Phi) is 10.2. The lowest BCUT2D eigenvalue weighted by atomic mass is 9.92. The predicted octanol–water partition coefficient (Wildman–Crippen LogP) is 5.68. The first-order valence-electron chi connectivity index (χ1n) is 13.7. The first-order chi connectivity index (χ1) is 18.0. The lowest BCUT2D eigenvalue weighted by Gasteiger charge is -2.38. The van der Waals surface area contributed by atoms with E-state index in [0.717, 1.165) is 48.4 Å². The molecule has 1 aliphatic heterocycles. The summed E-state index contributed by atoms with van der Waals surface area (Å²) in [6.45, 7) is 2.62. The van der Waals surface area contributed by atoms with Gasteiger partial charge in [0.2, 0.25) is 0 Å². The molecule has 2 N–H and O–H groups in total. The fraction of sp³-hybridized carbons (Fsp3) is 0.516. The number of ether oxygens (including phenoxy) is 2. The molecule has 0 radical (unpaired) electrons. The Morgan fingerprint density at radius 3 is 2.27 bits per heavy atom. The smallest absolute Gasteiger partial charge is 0.303 e. The zero-order valence-electron chi connectivity index (χ0n) is 21.9. The summed E-state index contributed by atoms with van der Waals surface area (Å²) >= 11 is 0. The Morgan fingerprint density at radius 2 is 1.62 bits per heavy atom. The van der Waals surface area contributed by atoms with Crippen LogP contribution in [0.15, 0.2) is 60.7 Å². The van der Waals surface area contributed by atoms with Crippen molar-refractivity contribution in [3.8, 4) is 16.9 Å². The largest absolute Gasteiger partial charge is 0.497 e. The van der Waals surface area contributed by atoms with Gasteiger partial charge in [0.1, 0.15) is 5.75 Å². The SMILES string of the molecule is COc1ccc(-c2ccc(CO[C@H]3C[C@@H](O)[C@H](N4CCCCC4)[C@H]3CCC=CCCC(=O)O)cc2)cc1. The van der Waals surface area contributed by atoms with Crippen molar-refractivity contribution in [3.05, 3.63) is 66.2 Å². The van der Waals surface area contributed by atoms with E-state index >= 15 is 0 Å². The van der Waals surface area contributed by atoms with Gasteiger partial charge in [0, 0.05) is 24.8 Å². The number of benzene rings is 2. The number of allylic oxidation sites excluding steroid dienone is 2. The number of hydrogen-bond donors (Lipinski definition) is 2. The van der Waals surface area contributed by atoms with Gasteiger partial charge in [-0.3, -0.25) is 9.69 Å². The highest BCUT2D eigenvalue weighted by Crippen LogP contribution is 2.38. The van der Waals surface area contributed by atoms with E-state index in [2.05, 4.69) is 47.4 Å². The molecule has 4 rings (SSSR count). The van der Waals surface area contributed by atoms with Gasteiger partial charge in [-0.1, -0.05) is 55.0 Å². The summed E-state index contributed by atoms with van der Waals surface area (Å²) < 4.78 is 11.7. The number of nitrogens with zero attached hydrogens (tertiary/aromatic N) is 1. The van der Waals surface area contributed by atoms with Crippen molar-refractivity contribution in [3.63, 3.8) is 0 Å². The van der Waals surface area contributed by atoms with Crippen LogP contribution in [0.2, 0.25) is 0 Å². The van der Waals surface area contributed by atoms with E-state index in [1.807, 2.05) is 18.2 Å². The first kappa shape index (κ1) is 27.4. The molecule has 2 aliphatic rings. The zero-order chi connectivity index (χ0) is 26.0. The average Bonchev–Trinajstić information content (AvgIpc) is 3.24. The van der Waals surface area contributed by atoms with Crippen LogP contribution in [-0.2, 0) is 16.1 Å². The average molecular weight is 508 g/mol. The van der Waals surface area contributed by atoms with Gasteiger partial charge in [-0.2, -0.15) is 0 Å². The summed E-state index contributed by atoms with van der Waals surface area (Å²) in [6, 6.07) is 16.7. The van der Waals surface area contributed by atoms with Crippen LogP contribution in [-0.4, -0.2) is 59.5 Å². The molecule has 37 heavy (non-hydrogen) atoms. The lowest BCUT2D eigenvalue weighted by Crippen LogP contribution is -2.47. The molecule has 2 aromatic carbocycles. The van der Waals surface area contributed by atoms with Gasteiger partial charge in [-0.05, 0) is 74.0 Å². The molecule has 1 saturated heterocycles. The number of piperidine rings is 1. The summed E-state index contributed by atoms with van der Waals surface area (Å²) in [5, 5.41) is 19.9. The van der Waals surface area contributed by atoms with Gasteiger partial charge < -0.3 is 19.7 Å². The Hall–Kier alpha value is -2.67. The highest BCUT2D eigenvalue weighted by molar-refractivity contribution is 5.66. The van der Waals surface area contributed by atoms with Crippen molar-refractivity contribution < 1.29 is 24.5 Å². The molecule has 1 heterocycles. The maximum Gasteiger partial charge on any atom is 0.303 e. The minimum absolute atomic E-state index is 0.00982. The topological polar surface area (TPSA) is 79.2 Å². The van der Waals surface area contributed by atoms with Crippen molar-refractivity contribution in [2.24, 2.45) is 5.92 Å². The molecule has 6 heteroatoms. The third-order valence-electron chi connectivity index (χ3n) is 7.80. The fourth-order valence-corrected chi connectivity index (χ4v) is 5.85. The Labute approximate surface area is 220 Å². The van der Waals surface area contributed by atoms with Gasteiger partial charge in [0.05, 0.1) is 25.9 Å². The quantitative estimate of drug-likeness (QED) is 0.360. The second-order valence-corrected chi connectivity index (χ2v) is 10.3. The van der Waals surface area contributed by atoms with Crippen LogP contribution < -0.4 is 4.74 Å². The van der Waals surface area contributed by atoms with E-state index in [1.165, 1.54) is 19.3 Å². The number of aliphatic carboxylic acids is 1. The van der Waals surface area contributed by atoms with Crippen LogP contribution in [0.25, 0.3) is 11.1 Å². The number of rotatable bonds is 12. The van der Waals surface area contributed by atoms with E-state index in [9.17, 15) is 9.90 Å². The third-order valence-corrected chi connectivity index (χ3v) is 7.80. The van der Waals surface area contributed by atoms with Crippen LogP contribution >= 0.6 is 0 Å². The maximum absolute atomic E-state index is 11.1. The third kappa shape index (κ3) is 7.67. The standard InChI is InChI=1S/C31H41NO5/c1-36-26-17-15-25(16-18-26)24-13-11-23(12-14-24)22-37-29-21-28(33)31(32-19-7-4-8-20-32)27(29)9-5-2-3-6-10-30(34)35/h2-3,11-18,27-29,31,33H,4-10,19-22H2,1H3,(H,34,35)/t27-,28+,29-,31+/m0/s1. The number of likely N-dealkylation sites (tertiary alicyclic amines) is 1. The summed E-state index contributed by atoms with van der Waals surface area (Å²) in [4.78, 5) is 13.2. The molecule has 0 bridgehead atoms. The summed E-state index contributed by atoms with van der Waals surface area (Å²) in [7, 11) is 1.67. The van der Waals surface area contributed by atoms with Crippen LogP contribution in [0, 0.1) is 5.92 Å². The van der Waals surface area contributed by atoms with E-state index in [0.29, 0.717) is 19.4 Å². The van der Waals surface area contributed by atoms with Gasteiger partial charge in [-0.25, -0.2) is 0 Å². The van der Waals surface area contributed by atoms with Crippen LogP contribution in [0.3, 0.4) is 0 Å². The maximum atomic E-state index is 11.1. The monoisotopic (exact) mass is 507 g/mol. The lowest BCUT2D eigenvalue weighted by molar-refractivity contribution is -0.136. The number of carbonyl (C=O) groups is 1. The van der Waals surface area contributed by atoms with E-state index in [4.69, 9.17) is 14.6 Å². The van der Waals surface area contributed by atoms with E-state index in [1.54, 1.807) is 7.11 Å². The fourth-order valence-electron chi connectivity index (χ4n) is 5.85. The Balaban J connectivity index is 1.37. The van der Waals surface area contributed by atoms with Crippen LogP contribution in [0.4, 0.5) is 0 Å². The summed E-state index contributed by atoms with van der Waals surface area (Å²) in [5.41, 5.74) is 3.42. The number of hydrogen-bond acceptors (Lipinski definition) is 5. The van der Waals surface area contributed by atoms with Crippen molar-refractivity contribution >= 4 is 5.97 Å². The first-order valence-corrected chi connectivity index (χ1v) is 13.7. The van der Waals surface area contributed by atoms with Crippen molar-refractivity contribution in [2.75, 3.05) is 20.2 Å². The highest BCUT2D eigenvalue weighted by Gasteiger charge is 2.45. The summed E-state index contributed by atoms with van der Waals surface area (Å²) in [5.74, 6) is 0.343. The van der Waals surface area contributed by atoms with E-state index < -0.39 is 5.97 Å². The van der Waals surface area contributed by atoms with Crippen molar-refractivity contribution in [1.82, 2.24) is 4.90 Å². The van der Waals surface area contributed by atoms with Crippen molar-refractivity contribution in [1.29, 1.82) is 0 Å². The second-order valence-electron chi connectivity index (χ2n) is 10.3. The molecule has 0 aromatic heterocycles. The number of aliphatic hydroxyl groups is 1. The molecule has 2 aromatic rings. The molecule has 6 nitrogen and oxygen atoms in total. The highest BCUT2D eigenvalue weighted by atomic mass is 16.5. The zero-order valence-corrected chi connectivity index (χ0v) is 21.9. The number of methoxy groups -OCH3 is 1. The van der Waals surface area contributed by atoms with Gasteiger partial charge in [0.15, 0.2) is 0 Å². The molecule has 2 fully saturated rings. The molecular weight excluding hydrogens is 466 g/mol. The number of carboxylic acids is 1.